The Kier molecular flexibility index (Phi) is 5.41. The minimum absolute atomic E-state index is 0.0479. The van der Waals surface area contributed by atoms with Crippen LogP contribution in [0.3, 0.4) is 0 Å². The summed E-state index contributed by atoms with van der Waals surface area (Å²) < 4.78 is 32.2. The van der Waals surface area contributed by atoms with E-state index in [1.165, 1.54) is 16.4 Å². The van der Waals surface area contributed by atoms with Gasteiger partial charge in [0, 0.05) is 19.2 Å². The standard InChI is InChI=1S/C14H19Cl2NO3S/c1-3-20-13-7-12(16)14(8-11(13)15)21(18,19)17-6-4-5-10(2)9-17/h7-8,10H,3-6,9H2,1-2H3. The molecule has 1 atom stereocenters. The number of ether oxygens (including phenoxy) is 1. The Bertz CT molecular complexity index is 619. The number of sulfonamides is 1. The number of piperidine rings is 1. The van der Waals surface area contributed by atoms with E-state index in [1.54, 1.807) is 0 Å². The minimum Gasteiger partial charge on any atom is -0.492 e. The zero-order valence-corrected chi connectivity index (χ0v) is 14.4. The number of hydrogen-bond donors (Lipinski definition) is 0. The number of nitrogens with zero attached hydrogens (tertiary/aromatic N) is 1. The molecule has 0 spiro atoms. The fourth-order valence-corrected chi connectivity index (χ4v) is 4.88. The molecule has 118 valence electrons. The molecular formula is C14H19Cl2NO3S. The zero-order chi connectivity index (χ0) is 15.6. The predicted octanol–water partition coefficient (Wildman–Crippen LogP) is 3.81. The summed E-state index contributed by atoms with van der Waals surface area (Å²) in [5, 5.41) is 0.394. The second-order valence-electron chi connectivity index (χ2n) is 5.26. The Morgan fingerprint density at radius 3 is 2.67 bits per heavy atom. The summed E-state index contributed by atoms with van der Waals surface area (Å²) >= 11 is 12.2. The summed E-state index contributed by atoms with van der Waals surface area (Å²) in [6, 6.07) is 2.84. The van der Waals surface area contributed by atoms with Crippen LogP contribution in [0.5, 0.6) is 5.75 Å². The minimum atomic E-state index is -3.62. The molecule has 1 fully saturated rings. The van der Waals surface area contributed by atoms with Crippen molar-refractivity contribution in [3.63, 3.8) is 0 Å². The molecule has 2 rings (SSSR count). The molecule has 0 amide bonds. The second-order valence-corrected chi connectivity index (χ2v) is 7.98. The average molecular weight is 352 g/mol. The molecule has 1 aliphatic rings. The van der Waals surface area contributed by atoms with Crippen molar-refractivity contribution >= 4 is 33.2 Å². The largest absolute Gasteiger partial charge is 0.492 e. The van der Waals surface area contributed by atoms with Crippen LogP contribution in [0.25, 0.3) is 0 Å². The van der Waals surface area contributed by atoms with Crippen LogP contribution in [-0.4, -0.2) is 32.4 Å². The lowest BCUT2D eigenvalue weighted by Crippen LogP contribution is -2.39. The average Bonchev–Trinajstić information content (AvgIpc) is 2.42. The SMILES string of the molecule is CCOc1cc(Cl)c(S(=O)(=O)N2CCCC(C)C2)cc1Cl. The van der Waals surface area contributed by atoms with Gasteiger partial charge in [0.1, 0.15) is 10.6 Å². The Balaban J connectivity index is 2.38. The van der Waals surface area contributed by atoms with Crippen molar-refractivity contribution in [1.82, 2.24) is 4.31 Å². The highest BCUT2D eigenvalue weighted by Gasteiger charge is 2.31. The van der Waals surface area contributed by atoms with Crippen LogP contribution in [0, 0.1) is 5.92 Å². The third kappa shape index (κ3) is 3.65. The normalized spacial score (nSPS) is 20.5. The summed E-state index contributed by atoms with van der Waals surface area (Å²) in [4.78, 5) is 0.0479. The lowest BCUT2D eigenvalue weighted by atomic mass is 10.0. The number of halogens is 2. The Labute approximate surface area is 136 Å². The van der Waals surface area contributed by atoms with Gasteiger partial charge in [0.15, 0.2) is 0 Å². The summed E-state index contributed by atoms with van der Waals surface area (Å²) in [6.07, 6.45) is 1.91. The number of hydrogen-bond acceptors (Lipinski definition) is 3. The lowest BCUT2D eigenvalue weighted by Gasteiger charge is -2.30. The Hall–Kier alpha value is -0.490. The van der Waals surface area contributed by atoms with Crippen LogP contribution in [-0.2, 0) is 10.0 Å². The Morgan fingerprint density at radius 1 is 1.33 bits per heavy atom. The molecule has 0 saturated carbocycles. The van der Waals surface area contributed by atoms with E-state index < -0.39 is 10.0 Å². The van der Waals surface area contributed by atoms with E-state index >= 15 is 0 Å². The first-order valence-electron chi connectivity index (χ1n) is 6.98. The van der Waals surface area contributed by atoms with Crippen molar-refractivity contribution in [1.29, 1.82) is 0 Å². The van der Waals surface area contributed by atoms with Gasteiger partial charge in [0.25, 0.3) is 0 Å². The van der Waals surface area contributed by atoms with Crippen LogP contribution in [0.15, 0.2) is 17.0 Å². The maximum Gasteiger partial charge on any atom is 0.244 e. The van der Waals surface area contributed by atoms with Crippen LogP contribution < -0.4 is 4.74 Å². The fourth-order valence-electron chi connectivity index (χ4n) is 2.48. The Morgan fingerprint density at radius 2 is 2.05 bits per heavy atom. The van der Waals surface area contributed by atoms with E-state index in [2.05, 4.69) is 6.92 Å². The first-order chi connectivity index (χ1) is 9.86. The van der Waals surface area contributed by atoms with Gasteiger partial charge in [-0.05, 0) is 31.7 Å². The second kappa shape index (κ2) is 6.73. The molecule has 4 nitrogen and oxygen atoms in total. The van der Waals surface area contributed by atoms with Gasteiger partial charge in [-0.15, -0.1) is 0 Å². The summed E-state index contributed by atoms with van der Waals surface area (Å²) in [5.41, 5.74) is 0. The van der Waals surface area contributed by atoms with Gasteiger partial charge in [-0.2, -0.15) is 4.31 Å². The van der Waals surface area contributed by atoms with Gasteiger partial charge in [-0.3, -0.25) is 0 Å². The molecular weight excluding hydrogens is 333 g/mol. The topological polar surface area (TPSA) is 46.6 Å². The van der Waals surface area contributed by atoms with Crippen molar-refractivity contribution in [2.45, 2.75) is 31.6 Å². The number of benzene rings is 1. The zero-order valence-electron chi connectivity index (χ0n) is 12.1. The first-order valence-corrected chi connectivity index (χ1v) is 9.17. The highest BCUT2D eigenvalue weighted by molar-refractivity contribution is 7.89. The fraction of sp³-hybridized carbons (Fsp3) is 0.571. The van der Waals surface area contributed by atoms with Crippen molar-refractivity contribution in [3.05, 3.63) is 22.2 Å². The maximum atomic E-state index is 12.7. The molecule has 0 aromatic heterocycles. The van der Waals surface area contributed by atoms with E-state index in [4.69, 9.17) is 27.9 Å². The third-order valence-corrected chi connectivity index (χ3v) is 6.15. The van der Waals surface area contributed by atoms with Gasteiger partial charge in [0.05, 0.1) is 16.7 Å². The molecule has 7 heteroatoms. The lowest BCUT2D eigenvalue weighted by molar-refractivity contribution is 0.281. The van der Waals surface area contributed by atoms with Gasteiger partial charge in [0.2, 0.25) is 10.0 Å². The summed E-state index contributed by atoms with van der Waals surface area (Å²) in [6.45, 7) is 5.35. The molecule has 0 bridgehead atoms. The molecule has 1 saturated heterocycles. The smallest absolute Gasteiger partial charge is 0.244 e. The molecule has 1 aromatic rings. The molecule has 0 aliphatic carbocycles. The van der Waals surface area contributed by atoms with E-state index in [-0.39, 0.29) is 14.9 Å². The van der Waals surface area contributed by atoms with E-state index in [0.29, 0.717) is 31.4 Å². The van der Waals surface area contributed by atoms with Crippen molar-refractivity contribution in [2.75, 3.05) is 19.7 Å². The molecule has 21 heavy (non-hydrogen) atoms. The van der Waals surface area contributed by atoms with E-state index in [0.717, 1.165) is 12.8 Å². The third-order valence-electron chi connectivity index (χ3n) is 3.52. The van der Waals surface area contributed by atoms with E-state index in [1.807, 2.05) is 6.92 Å². The van der Waals surface area contributed by atoms with Crippen molar-refractivity contribution in [3.8, 4) is 5.75 Å². The van der Waals surface area contributed by atoms with Gasteiger partial charge in [-0.25, -0.2) is 8.42 Å². The highest BCUT2D eigenvalue weighted by atomic mass is 35.5. The predicted molar refractivity (Wildman–Crippen MR) is 84.8 cm³/mol. The van der Waals surface area contributed by atoms with Gasteiger partial charge in [-0.1, -0.05) is 30.1 Å². The van der Waals surface area contributed by atoms with Crippen LogP contribution in [0.2, 0.25) is 10.0 Å². The quantitative estimate of drug-likeness (QED) is 0.828. The molecule has 0 N–H and O–H groups in total. The molecule has 1 aromatic carbocycles. The van der Waals surface area contributed by atoms with Crippen LogP contribution in [0.4, 0.5) is 0 Å². The summed E-state index contributed by atoms with van der Waals surface area (Å²) in [5.74, 6) is 0.751. The molecule has 1 heterocycles. The molecule has 0 radical (unpaired) electrons. The molecule has 1 unspecified atom stereocenters. The van der Waals surface area contributed by atoms with Crippen LogP contribution >= 0.6 is 23.2 Å². The van der Waals surface area contributed by atoms with Crippen LogP contribution in [0.1, 0.15) is 26.7 Å². The number of rotatable bonds is 4. The maximum absolute atomic E-state index is 12.7. The first kappa shape index (κ1) is 16.9. The van der Waals surface area contributed by atoms with Gasteiger partial charge < -0.3 is 4.74 Å². The molecule has 1 aliphatic heterocycles. The van der Waals surface area contributed by atoms with Crippen molar-refractivity contribution in [2.24, 2.45) is 5.92 Å². The van der Waals surface area contributed by atoms with E-state index in [9.17, 15) is 8.42 Å². The monoisotopic (exact) mass is 351 g/mol. The van der Waals surface area contributed by atoms with Crippen molar-refractivity contribution < 1.29 is 13.2 Å². The highest BCUT2D eigenvalue weighted by Crippen LogP contribution is 2.35. The summed E-state index contributed by atoms with van der Waals surface area (Å²) in [7, 11) is -3.62. The van der Waals surface area contributed by atoms with Gasteiger partial charge >= 0.3 is 0 Å².